The molecule has 0 aliphatic rings. The molecule has 1 aromatic heterocycles. The maximum atomic E-state index is 12.2. The second-order valence-corrected chi connectivity index (χ2v) is 6.52. The van der Waals surface area contributed by atoms with Crippen molar-refractivity contribution in [1.29, 1.82) is 0 Å². The normalized spacial score (nSPS) is 11.0. The van der Waals surface area contributed by atoms with E-state index in [0.717, 1.165) is 11.1 Å². The number of anilines is 1. The highest BCUT2D eigenvalue weighted by Gasteiger charge is 2.15. The molecule has 0 spiro atoms. The van der Waals surface area contributed by atoms with E-state index in [4.69, 9.17) is 4.52 Å². The molecule has 0 atom stereocenters. The lowest BCUT2D eigenvalue weighted by atomic mass is 10.1. The van der Waals surface area contributed by atoms with Crippen LogP contribution in [0.4, 0.5) is 5.88 Å². The molecular formula is C19H26N4O3. The highest BCUT2D eigenvalue weighted by atomic mass is 16.5. The lowest BCUT2D eigenvalue weighted by Gasteiger charge is -2.19. The number of amides is 2. The molecule has 2 amide bonds. The zero-order valence-corrected chi connectivity index (χ0v) is 15.7. The number of nitrogens with zero attached hydrogens (tertiary/aromatic N) is 2. The van der Waals surface area contributed by atoms with Crippen LogP contribution in [0.1, 0.15) is 26.3 Å². The number of aromatic nitrogens is 1. The highest BCUT2D eigenvalue weighted by Crippen LogP contribution is 2.21. The molecule has 0 saturated heterocycles. The average molecular weight is 358 g/mol. The van der Waals surface area contributed by atoms with Gasteiger partial charge in [0.15, 0.2) is 0 Å². The Balaban J connectivity index is 1.90. The van der Waals surface area contributed by atoms with Gasteiger partial charge >= 0.3 is 0 Å². The Hall–Kier alpha value is -2.67. The van der Waals surface area contributed by atoms with Gasteiger partial charge < -0.3 is 9.84 Å². The van der Waals surface area contributed by atoms with Crippen LogP contribution in [0.15, 0.2) is 34.9 Å². The fourth-order valence-electron chi connectivity index (χ4n) is 2.42. The summed E-state index contributed by atoms with van der Waals surface area (Å²) in [5, 5.41) is 9.48. The molecule has 2 rings (SSSR count). The van der Waals surface area contributed by atoms with Crippen LogP contribution in [0.5, 0.6) is 0 Å². The summed E-state index contributed by atoms with van der Waals surface area (Å²) in [6.45, 7) is 8.57. The van der Waals surface area contributed by atoms with E-state index in [2.05, 4.69) is 15.8 Å². The molecule has 0 saturated carbocycles. The fourth-order valence-corrected chi connectivity index (χ4v) is 2.42. The van der Waals surface area contributed by atoms with Crippen LogP contribution >= 0.6 is 0 Å². The number of likely N-dealkylation sites (N-methyl/N-ethyl adjacent to an activating group) is 1. The Bertz CT molecular complexity index is 737. The van der Waals surface area contributed by atoms with Gasteiger partial charge in [-0.2, -0.15) is 0 Å². The number of carbonyl (C=O) groups is 2. The molecule has 0 radical (unpaired) electrons. The summed E-state index contributed by atoms with van der Waals surface area (Å²) in [5.74, 6) is -0.0694. The van der Waals surface area contributed by atoms with Gasteiger partial charge in [0.2, 0.25) is 17.7 Å². The first-order valence-corrected chi connectivity index (χ1v) is 8.72. The van der Waals surface area contributed by atoms with Crippen LogP contribution in [-0.2, 0) is 9.59 Å². The van der Waals surface area contributed by atoms with E-state index in [9.17, 15) is 9.59 Å². The SMILES string of the molecule is CCN(CC(=O)Nc1cc(-c2ccc(C)cc2)no1)CC(=O)NC(C)C. The van der Waals surface area contributed by atoms with Crippen molar-refractivity contribution >= 4 is 17.7 Å². The van der Waals surface area contributed by atoms with E-state index in [1.807, 2.05) is 52.0 Å². The zero-order valence-electron chi connectivity index (χ0n) is 15.7. The summed E-state index contributed by atoms with van der Waals surface area (Å²) < 4.78 is 5.19. The minimum Gasteiger partial charge on any atom is -0.353 e. The van der Waals surface area contributed by atoms with Gasteiger partial charge in [-0.15, -0.1) is 0 Å². The van der Waals surface area contributed by atoms with E-state index in [1.165, 1.54) is 0 Å². The second kappa shape index (κ2) is 9.15. The summed E-state index contributed by atoms with van der Waals surface area (Å²) in [5.41, 5.74) is 2.73. The van der Waals surface area contributed by atoms with Crippen LogP contribution in [0, 0.1) is 6.92 Å². The zero-order chi connectivity index (χ0) is 19.1. The van der Waals surface area contributed by atoms with Crippen molar-refractivity contribution in [1.82, 2.24) is 15.4 Å². The molecule has 2 N–H and O–H groups in total. The maximum Gasteiger partial charge on any atom is 0.240 e. The largest absolute Gasteiger partial charge is 0.353 e. The number of aryl methyl sites for hydroxylation is 1. The molecule has 0 aliphatic carbocycles. The van der Waals surface area contributed by atoms with Crippen LogP contribution in [0.3, 0.4) is 0 Å². The Kier molecular flexibility index (Phi) is 6.91. The molecule has 7 heteroatoms. The molecule has 0 bridgehead atoms. The number of benzene rings is 1. The van der Waals surface area contributed by atoms with Crippen LogP contribution < -0.4 is 10.6 Å². The van der Waals surface area contributed by atoms with Crippen molar-refractivity contribution in [3.8, 4) is 11.3 Å². The predicted octanol–water partition coefficient (Wildman–Crippen LogP) is 2.44. The van der Waals surface area contributed by atoms with E-state index >= 15 is 0 Å². The van der Waals surface area contributed by atoms with Gasteiger partial charge in [-0.1, -0.05) is 41.9 Å². The molecule has 7 nitrogen and oxygen atoms in total. The first-order valence-electron chi connectivity index (χ1n) is 8.72. The molecule has 2 aromatic rings. The van der Waals surface area contributed by atoms with Gasteiger partial charge in [-0.25, -0.2) is 0 Å². The lowest BCUT2D eigenvalue weighted by Crippen LogP contribution is -2.42. The Morgan fingerprint density at radius 1 is 1.15 bits per heavy atom. The van der Waals surface area contributed by atoms with Gasteiger partial charge in [-0.3, -0.25) is 19.8 Å². The third-order valence-corrected chi connectivity index (χ3v) is 3.75. The van der Waals surface area contributed by atoms with E-state index < -0.39 is 0 Å². The minimum atomic E-state index is -0.254. The fraction of sp³-hybridized carbons (Fsp3) is 0.421. The van der Waals surface area contributed by atoms with E-state index in [0.29, 0.717) is 12.2 Å². The summed E-state index contributed by atoms with van der Waals surface area (Å²) >= 11 is 0. The Morgan fingerprint density at radius 3 is 2.42 bits per heavy atom. The predicted molar refractivity (Wildman–Crippen MR) is 101 cm³/mol. The van der Waals surface area contributed by atoms with Gasteiger partial charge in [0.05, 0.1) is 13.1 Å². The maximum absolute atomic E-state index is 12.2. The van der Waals surface area contributed by atoms with Crippen molar-refractivity contribution in [2.24, 2.45) is 0 Å². The standard InChI is InChI=1S/C19H26N4O3/c1-5-23(11-17(24)20-13(2)3)12-18(25)21-19-10-16(22-26-19)15-8-6-14(4)7-9-15/h6-10,13H,5,11-12H2,1-4H3,(H,20,24)(H,21,25). The van der Waals surface area contributed by atoms with Crippen molar-refractivity contribution in [3.05, 3.63) is 35.9 Å². The Morgan fingerprint density at radius 2 is 1.81 bits per heavy atom. The first-order chi connectivity index (χ1) is 12.4. The molecule has 26 heavy (non-hydrogen) atoms. The third kappa shape index (κ3) is 6.00. The smallest absolute Gasteiger partial charge is 0.240 e. The molecule has 140 valence electrons. The number of hydrogen-bond acceptors (Lipinski definition) is 5. The first kappa shape index (κ1) is 19.7. The van der Waals surface area contributed by atoms with Crippen LogP contribution in [0.25, 0.3) is 11.3 Å². The van der Waals surface area contributed by atoms with E-state index in [1.54, 1.807) is 11.0 Å². The summed E-state index contributed by atoms with van der Waals surface area (Å²) in [7, 11) is 0. The number of nitrogens with one attached hydrogen (secondary N) is 2. The van der Waals surface area contributed by atoms with Crippen molar-refractivity contribution in [2.45, 2.75) is 33.7 Å². The third-order valence-electron chi connectivity index (χ3n) is 3.75. The van der Waals surface area contributed by atoms with Gasteiger partial charge in [0.25, 0.3) is 0 Å². The highest BCUT2D eigenvalue weighted by molar-refractivity contribution is 5.91. The van der Waals surface area contributed by atoms with Crippen molar-refractivity contribution < 1.29 is 14.1 Å². The number of carbonyl (C=O) groups excluding carboxylic acids is 2. The minimum absolute atomic E-state index is 0.0735. The van der Waals surface area contributed by atoms with Gasteiger partial charge in [0, 0.05) is 17.7 Å². The van der Waals surface area contributed by atoms with Gasteiger partial charge in [0.1, 0.15) is 5.69 Å². The average Bonchev–Trinajstić information content (AvgIpc) is 3.02. The molecule has 1 heterocycles. The lowest BCUT2D eigenvalue weighted by molar-refractivity contribution is -0.123. The summed E-state index contributed by atoms with van der Waals surface area (Å²) in [4.78, 5) is 25.8. The number of rotatable bonds is 8. The molecule has 0 unspecified atom stereocenters. The quantitative estimate of drug-likeness (QED) is 0.757. The van der Waals surface area contributed by atoms with E-state index in [-0.39, 0.29) is 36.8 Å². The monoisotopic (exact) mass is 358 g/mol. The van der Waals surface area contributed by atoms with Crippen molar-refractivity contribution in [3.63, 3.8) is 0 Å². The van der Waals surface area contributed by atoms with Gasteiger partial charge in [-0.05, 0) is 27.3 Å². The molecular weight excluding hydrogens is 332 g/mol. The molecule has 0 aliphatic heterocycles. The number of hydrogen-bond donors (Lipinski definition) is 2. The van der Waals surface area contributed by atoms with Crippen molar-refractivity contribution in [2.75, 3.05) is 25.0 Å². The topological polar surface area (TPSA) is 87.5 Å². The molecule has 1 aromatic carbocycles. The summed E-state index contributed by atoms with van der Waals surface area (Å²) in [6, 6.07) is 9.64. The molecule has 0 fully saturated rings. The van der Waals surface area contributed by atoms with Crippen LogP contribution in [0.2, 0.25) is 0 Å². The van der Waals surface area contributed by atoms with Crippen LogP contribution in [-0.4, -0.2) is 47.5 Å². The summed E-state index contributed by atoms with van der Waals surface area (Å²) in [6.07, 6.45) is 0. The Labute approximate surface area is 153 Å². The second-order valence-electron chi connectivity index (χ2n) is 6.52.